The molecule has 3 aromatic heterocycles. The quantitative estimate of drug-likeness (QED) is 0.549. The predicted octanol–water partition coefficient (Wildman–Crippen LogP) is 4.42. The largest absolute Gasteiger partial charge is 0.255 e. The van der Waals surface area contributed by atoms with Crippen molar-refractivity contribution in [2.45, 2.75) is 6.92 Å². The Morgan fingerprint density at radius 2 is 1.83 bits per heavy atom. The first-order valence-electron chi connectivity index (χ1n) is 7.26. The standard InChI is InChI=1S/C18H13ClN4/c1-12-13(6-4-8-15(12)19)17-14(7-5-10-20-17)18-21-16-9-2-3-11-23(16)22-18/h2-11H,1H3. The molecule has 0 saturated carbocycles. The highest BCUT2D eigenvalue weighted by Crippen LogP contribution is 2.33. The normalized spacial score (nSPS) is 11.0. The molecule has 1 aromatic carbocycles. The summed E-state index contributed by atoms with van der Waals surface area (Å²) in [7, 11) is 0. The van der Waals surface area contributed by atoms with E-state index in [0.29, 0.717) is 5.82 Å². The van der Waals surface area contributed by atoms with Crippen LogP contribution >= 0.6 is 11.6 Å². The van der Waals surface area contributed by atoms with E-state index in [2.05, 4.69) is 15.1 Å². The van der Waals surface area contributed by atoms with Crippen molar-refractivity contribution >= 4 is 17.2 Å². The second-order valence-corrected chi connectivity index (χ2v) is 5.66. The Bertz CT molecular complexity index is 974. The van der Waals surface area contributed by atoms with Crippen molar-refractivity contribution in [3.05, 3.63) is 71.5 Å². The van der Waals surface area contributed by atoms with Gasteiger partial charge in [-0.1, -0.05) is 29.8 Å². The van der Waals surface area contributed by atoms with Crippen LogP contribution in [0, 0.1) is 6.92 Å². The SMILES string of the molecule is Cc1c(Cl)cccc1-c1ncccc1-c1nc2ccccn2n1. The topological polar surface area (TPSA) is 43.1 Å². The first-order chi connectivity index (χ1) is 11.2. The molecule has 0 saturated heterocycles. The molecule has 0 aliphatic rings. The van der Waals surface area contributed by atoms with E-state index < -0.39 is 0 Å². The Hall–Kier alpha value is -2.72. The maximum absolute atomic E-state index is 6.26. The van der Waals surface area contributed by atoms with Crippen molar-refractivity contribution in [3.8, 4) is 22.6 Å². The fourth-order valence-electron chi connectivity index (χ4n) is 2.61. The minimum absolute atomic E-state index is 0.652. The van der Waals surface area contributed by atoms with Crippen molar-refractivity contribution in [2.24, 2.45) is 0 Å². The average Bonchev–Trinajstić information content (AvgIpc) is 3.01. The summed E-state index contributed by atoms with van der Waals surface area (Å²) in [5.41, 5.74) is 4.52. The first-order valence-corrected chi connectivity index (χ1v) is 7.64. The van der Waals surface area contributed by atoms with Crippen LogP contribution in [0.4, 0.5) is 0 Å². The number of hydrogen-bond donors (Lipinski definition) is 0. The highest BCUT2D eigenvalue weighted by Gasteiger charge is 2.15. The van der Waals surface area contributed by atoms with Crippen LogP contribution in [0.2, 0.25) is 5.02 Å². The Labute approximate surface area is 138 Å². The molecule has 0 radical (unpaired) electrons. The van der Waals surface area contributed by atoms with Gasteiger partial charge < -0.3 is 0 Å². The van der Waals surface area contributed by atoms with Crippen molar-refractivity contribution < 1.29 is 0 Å². The van der Waals surface area contributed by atoms with Crippen molar-refractivity contribution in [2.75, 3.05) is 0 Å². The van der Waals surface area contributed by atoms with Gasteiger partial charge in [-0.25, -0.2) is 9.50 Å². The molecule has 0 aliphatic heterocycles. The third kappa shape index (κ3) is 2.37. The number of nitrogens with zero attached hydrogens (tertiary/aromatic N) is 4. The average molecular weight is 321 g/mol. The molecule has 5 heteroatoms. The van der Waals surface area contributed by atoms with E-state index in [-0.39, 0.29) is 0 Å². The van der Waals surface area contributed by atoms with Crippen LogP contribution in [0.1, 0.15) is 5.56 Å². The Kier molecular flexibility index (Phi) is 3.32. The van der Waals surface area contributed by atoms with Crippen LogP contribution in [-0.4, -0.2) is 19.6 Å². The van der Waals surface area contributed by atoms with Crippen LogP contribution in [0.5, 0.6) is 0 Å². The second-order valence-electron chi connectivity index (χ2n) is 5.25. The molecular formula is C18H13ClN4. The molecule has 4 nitrogen and oxygen atoms in total. The molecule has 4 rings (SSSR count). The summed E-state index contributed by atoms with van der Waals surface area (Å²) in [5, 5.41) is 5.28. The van der Waals surface area contributed by atoms with Crippen LogP contribution in [0.3, 0.4) is 0 Å². The van der Waals surface area contributed by atoms with Crippen molar-refractivity contribution in [1.82, 2.24) is 19.6 Å². The second kappa shape index (κ2) is 5.48. The fraction of sp³-hybridized carbons (Fsp3) is 0.0556. The first kappa shape index (κ1) is 13.9. The molecule has 0 N–H and O–H groups in total. The highest BCUT2D eigenvalue weighted by molar-refractivity contribution is 6.31. The lowest BCUT2D eigenvalue weighted by molar-refractivity contribution is 0.965. The van der Waals surface area contributed by atoms with Crippen LogP contribution in [0.25, 0.3) is 28.3 Å². The summed E-state index contributed by atoms with van der Waals surface area (Å²) in [6.45, 7) is 1.99. The summed E-state index contributed by atoms with van der Waals surface area (Å²) in [5.74, 6) is 0.652. The number of fused-ring (bicyclic) bond motifs is 1. The monoisotopic (exact) mass is 320 g/mol. The summed E-state index contributed by atoms with van der Waals surface area (Å²) in [6.07, 6.45) is 3.65. The van der Waals surface area contributed by atoms with Crippen molar-refractivity contribution in [1.29, 1.82) is 0 Å². The zero-order valence-electron chi connectivity index (χ0n) is 12.4. The van der Waals surface area contributed by atoms with Gasteiger partial charge in [-0.2, -0.15) is 0 Å². The Morgan fingerprint density at radius 3 is 2.70 bits per heavy atom. The summed E-state index contributed by atoms with van der Waals surface area (Å²) < 4.78 is 1.76. The molecule has 0 spiro atoms. The summed E-state index contributed by atoms with van der Waals surface area (Å²) in [4.78, 5) is 9.15. The van der Waals surface area contributed by atoms with Gasteiger partial charge in [0.1, 0.15) is 0 Å². The number of halogens is 1. The van der Waals surface area contributed by atoms with Gasteiger partial charge in [0.15, 0.2) is 11.5 Å². The zero-order valence-corrected chi connectivity index (χ0v) is 13.2. The predicted molar refractivity (Wildman–Crippen MR) is 91.4 cm³/mol. The van der Waals surface area contributed by atoms with E-state index in [1.165, 1.54) is 0 Å². The van der Waals surface area contributed by atoms with E-state index >= 15 is 0 Å². The van der Waals surface area contributed by atoms with Crippen LogP contribution in [0.15, 0.2) is 60.9 Å². The lowest BCUT2D eigenvalue weighted by atomic mass is 10.0. The molecule has 112 valence electrons. The van der Waals surface area contributed by atoms with Crippen LogP contribution in [-0.2, 0) is 0 Å². The number of pyridine rings is 2. The molecule has 0 bridgehead atoms. The molecule has 0 amide bonds. The summed E-state index contributed by atoms with van der Waals surface area (Å²) >= 11 is 6.26. The molecule has 0 atom stereocenters. The van der Waals surface area contributed by atoms with E-state index in [9.17, 15) is 0 Å². The van der Waals surface area contributed by atoms with Gasteiger partial charge in [-0.3, -0.25) is 4.98 Å². The van der Waals surface area contributed by atoms with Gasteiger partial charge >= 0.3 is 0 Å². The highest BCUT2D eigenvalue weighted by atomic mass is 35.5. The molecule has 0 unspecified atom stereocenters. The zero-order chi connectivity index (χ0) is 15.8. The smallest absolute Gasteiger partial charge is 0.184 e. The van der Waals surface area contributed by atoms with Gasteiger partial charge in [0.2, 0.25) is 0 Å². The minimum atomic E-state index is 0.652. The van der Waals surface area contributed by atoms with Gasteiger partial charge in [-0.15, -0.1) is 5.10 Å². The van der Waals surface area contributed by atoms with Crippen molar-refractivity contribution in [3.63, 3.8) is 0 Å². The van der Waals surface area contributed by atoms with E-state index in [1.54, 1.807) is 10.7 Å². The van der Waals surface area contributed by atoms with E-state index in [1.807, 2.05) is 61.7 Å². The molecule has 0 fully saturated rings. The number of benzene rings is 1. The van der Waals surface area contributed by atoms with Gasteiger partial charge in [0, 0.05) is 28.5 Å². The lowest BCUT2D eigenvalue weighted by Crippen LogP contribution is -1.93. The molecule has 4 aromatic rings. The van der Waals surface area contributed by atoms with Gasteiger partial charge in [0.05, 0.1) is 5.69 Å². The maximum Gasteiger partial charge on any atom is 0.184 e. The van der Waals surface area contributed by atoms with Crippen LogP contribution < -0.4 is 0 Å². The summed E-state index contributed by atoms with van der Waals surface area (Å²) in [6, 6.07) is 15.5. The van der Waals surface area contributed by atoms with E-state index in [0.717, 1.165) is 33.1 Å². The molecule has 3 heterocycles. The third-order valence-corrected chi connectivity index (χ3v) is 4.22. The Morgan fingerprint density at radius 1 is 0.957 bits per heavy atom. The molecule has 23 heavy (non-hydrogen) atoms. The molecular weight excluding hydrogens is 308 g/mol. The van der Waals surface area contributed by atoms with E-state index in [4.69, 9.17) is 11.6 Å². The number of aromatic nitrogens is 4. The number of rotatable bonds is 2. The molecule has 0 aliphatic carbocycles. The lowest BCUT2D eigenvalue weighted by Gasteiger charge is -2.09. The number of hydrogen-bond acceptors (Lipinski definition) is 3. The maximum atomic E-state index is 6.26. The van der Waals surface area contributed by atoms with Gasteiger partial charge in [-0.05, 0) is 42.8 Å². The Balaban J connectivity index is 1.95. The third-order valence-electron chi connectivity index (χ3n) is 3.81. The fourth-order valence-corrected chi connectivity index (χ4v) is 2.78. The minimum Gasteiger partial charge on any atom is -0.255 e. The van der Waals surface area contributed by atoms with Gasteiger partial charge in [0.25, 0.3) is 0 Å².